The lowest BCUT2D eigenvalue weighted by Gasteiger charge is -2.19. The number of benzene rings is 1. The zero-order chi connectivity index (χ0) is 19.1. The van der Waals surface area contributed by atoms with E-state index >= 15 is 0 Å². The zero-order valence-corrected chi connectivity index (χ0v) is 15.7. The van der Waals surface area contributed by atoms with Gasteiger partial charge in [-0.1, -0.05) is 37.3 Å². The van der Waals surface area contributed by atoms with Crippen LogP contribution < -0.4 is 16.6 Å². The zero-order valence-electron chi connectivity index (χ0n) is 15.7. The summed E-state index contributed by atoms with van der Waals surface area (Å²) in [6.45, 7) is 7.15. The molecule has 1 aromatic heterocycles. The van der Waals surface area contributed by atoms with E-state index in [2.05, 4.69) is 10.3 Å². The molecular weight excluding hydrogens is 328 g/mol. The molecule has 1 amide bonds. The SMILES string of the molecule is Cc1c(C)n(Cc2ccccc2)c([CH]C(C)C(=O)NCCCN)nc1=O. The largest absolute Gasteiger partial charge is 0.356 e. The minimum absolute atomic E-state index is 0.0998. The number of carbonyl (C=O) groups is 1. The number of nitrogens with zero attached hydrogens (tertiary/aromatic N) is 2. The predicted molar refractivity (Wildman–Crippen MR) is 103 cm³/mol. The average Bonchev–Trinajstić information content (AvgIpc) is 2.64. The van der Waals surface area contributed by atoms with E-state index in [4.69, 9.17) is 5.73 Å². The van der Waals surface area contributed by atoms with Crippen LogP contribution >= 0.6 is 0 Å². The van der Waals surface area contributed by atoms with Gasteiger partial charge < -0.3 is 15.6 Å². The summed E-state index contributed by atoms with van der Waals surface area (Å²) >= 11 is 0. The second-order valence-electron chi connectivity index (χ2n) is 6.45. The topological polar surface area (TPSA) is 90.0 Å². The minimum Gasteiger partial charge on any atom is -0.356 e. The number of nitrogens with two attached hydrogens (primary N) is 1. The maximum Gasteiger partial charge on any atom is 0.276 e. The van der Waals surface area contributed by atoms with Crippen LogP contribution in [-0.2, 0) is 11.3 Å². The van der Waals surface area contributed by atoms with Crippen molar-refractivity contribution < 1.29 is 4.79 Å². The van der Waals surface area contributed by atoms with Crippen LogP contribution in [0.5, 0.6) is 0 Å². The van der Waals surface area contributed by atoms with Crippen molar-refractivity contribution in [1.82, 2.24) is 14.9 Å². The van der Waals surface area contributed by atoms with Crippen molar-refractivity contribution in [2.75, 3.05) is 13.1 Å². The van der Waals surface area contributed by atoms with Crippen LogP contribution in [0.3, 0.4) is 0 Å². The average molecular weight is 355 g/mol. The van der Waals surface area contributed by atoms with Gasteiger partial charge in [-0.25, -0.2) is 0 Å². The Balaban J connectivity index is 2.26. The molecule has 26 heavy (non-hydrogen) atoms. The van der Waals surface area contributed by atoms with Crippen molar-refractivity contribution >= 4 is 5.91 Å². The van der Waals surface area contributed by atoms with E-state index in [0.717, 1.165) is 17.7 Å². The molecule has 0 aliphatic rings. The van der Waals surface area contributed by atoms with Crippen LogP contribution in [0.4, 0.5) is 0 Å². The first kappa shape index (κ1) is 19.8. The molecule has 1 heterocycles. The molecule has 0 aliphatic carbocycles. The summed E-state index contributed by atoms with van der Waals surface area (Å²) < 4.78 is 1.98. The summed E-state index contributed by atoms with van der Waals surface area (Å²) in [5.41, 5.74) is 7.78. The highest BCUT2D eigenvalue weighted by Gasteiger charge is 2.19. The maximum absolute atomic E-state index is 12.2. The fourth-order valence-electron chi connectivity index (χ4n) is 2.64. The molecule has 0 aliphatic heterocycles. The highest BCUT2D eigenvalue weighted by molar-refractivity contribution is 5.79. The van der Waals surface area contributed by atoms with Crippen molar-refractivity contribution in [3.63, 3.8) is 0 Å². The molecule has 0 spiro atoms. The van der Waals surface area contributed by atoms with E-state index in [1.165, 1.54) is 0 Å². The quantitative estimate of drug-likeness (QED) is 0.703. The number of nitrogens with one attached hydrogen (secondary N) is 1. The second kappa shape index (κ2) is 9.29. The van der Waals surface area contributed by atoms with Gasteiger partial charge in [0.15, 0.2) is 0 Å². The number of amides is 1. The Morgan fingerprint density at radius 2 is 2.00 bits per heavy atom. The first-order valence-corrected chi connectivity index (χ1v) is 8.88. The smallest absolute Gasteiger partial charge is 0.276 e. The molecule has 6 nitrogen and oxygen atoms in total. The van der Waals surface area contributed by atoms with Gasteiger partial charge in [0.05, 0.1) is 0 Å². The van der Waals surface area contributed by atoms with Crippen molar-refractivity contribution in [3.8, 4) is 0 Å². The van der Waals surface area contributed by atoms with Crippen LogP contribution in [-0.4, -0.2) is 28.5 Å². The fourth-order valence-corrected chi connectivity index (χ4v) is 2.64. The Morgan fingerprint density at radius 3 is 2.65 bits per heavy atom. The minimum atomic E-state index is -0.399. The van der Waals surface area contributed by atoms with Crippen molar-refractivity contribution in [2.24, 2.45) is 11.7 Å². The molecule has 0 saturated carbocycles. The fraction of sp³-hybridized carbons (Fsp3) is 0.400. The lowest BCUT2D eigenvalue weighted by molar-refractivity contribution is -0.123. The molecule has 139 valence electrons. The number of carbonyl (C=O) groups excluding carboxylic acids is 1. The van der Waals surface area contributed by atoms with Crippen molar-refractivity contribution in [2.45, 2.75) is 33.7 Å². The Labute approximate surface area is 154 Å². The van der Waals surface area contributed by atoms with Crippen LogP contribution in [0.25, 0.3) is 0 Å². The molecule has 0 fully saturated rings. The maximum atomic E-state index is 12.2. The van der Waals surface area contributed by atoms with Crippen LogP contribution in [0.1, 0.15) is 36.0 Å². The monoisotopic (exact) mass is 355 g/mol. The van der Waals surface area contributed by atoms with Gasteiger partial charge in [-0.05, 0) is 32.4 Å². The molecule has 1 atom stereocenters. The number of aromatic nitrogens is 2. The van der Waals surface area contributed by atoms with Gasteiger partial charge in [-0.15, -0.1) is 0 Å². The third kappa shape index (κ3) is 5.02. The molecule has 3 N–H and O–H groups in total. The van der Waals surface area contributed by atoms with E-state index in [-0.39, 0.29) is 11.5 Å². The number of rotatable bonds is 8. The van der Waals surface area contributed by atoms with Crippen molar-refractivity contribution in [1.29, 1.82) is 0 Å². The number of hydrogen-bond donors (Lipinski definition) is 2. The summed E-state index contributed by atoms with van der Waals surface area (Å²) in [6, 6.07) is 9.97. The van der Waals surface area contributed by atoms with Gasteiger partial charge in [0.25, 0.3) is 5.56 Å². The second-order valence-corrected chi connectivity index (χ2v) is 6.45. The van der Waals surface area contributed by atoms with Crippen LogP contribution in [0.2, 0.25) is 0 Å². The first-order valence-electron chi connectivity index (χ1n) is 8.88. The summed E-state index contributed by atoms with van der Waals surface area (Å²) in [7, 11) is 0. The highest BCUT2D eigenvalue weighted by Crippen LogP contribution is 2.15. The summed E-state index contributed by atoms with van der Waals surface area (Å²) in [5.74, 6) is 0.0180. The van der Waals surface area contributed by atoms with E-state index in [1.54, 1.807) is 20.3 Å². The lowest BCUT2D eigenvalue weighted by atomic mass is 10.1. The Morgan fingerprint density at radius 1 is 1.31 bits per heavy atom. The Hall–Kier alpha value is -2.47. The van der Waals surface area contributed by atoms with Crippen molar-refractivity contribution in [3.05, 3.63) is 69.8 Å². The van der Waals surface area contributed by atoms with Crippen LogP contribution in [0.15, 0.2) is 35.1 Å². The molecule has 1 aromatic carbocycles. The highest BCUT2D eigenvalue weighted by atomic mass is 16.2. The summed E-state index contributed by atoms with van der Waals surface area (Å²) in [5, 5.41) is 2.85. The molecule has 0 saturated heterocycles. The van der Waals surface area contributed by atoms with Gasteiger partial charge in [0, 0.05) is 36.7 Å². The third-order valence-electron chi connectivity index (χ3n) is 4.44. The molecular formula is C20H27N4O2. The first-order chi connectivity index (χ1) is 12.4. The normalized spacial score (nSPS) is 12.0. The van der Waals surface area contributed by atoms with Crippen LogP contribution in [0, 0.1) is 26.2 Å². The van der Waals surface area contributed by atoms with E-state index in [9.17, 15) is 9.59 Å². The van der Waals surface area contributed by atoms with Gasteiger partial charge in [0.1, 0.15) is 5.82 Å². The lowest BCUT2D eigenvalue weighted by Crippen LogP contribution is -2.33. The standard InChI is InChI=1S/C20H27N4O2/c1-14(19(25)22-11-7-10-21)12-18-23-20(26)15(2)16(3)24(18)13-17-8-5-4-6-9-17/h4-6,8-9,12,14H,7,10-11,13,21H2,1-3H3,(H,22,25). The molecule has 1 unspecified atom stereocenters. The van der Waals surface area contributed by atoms with Gasteiger partial charge in [-0.3, -0.25) is 9.59 Å². The molecule has 2 aromatic rings. The molecule has 0 bridgehead atoms. The molecule has 1 radical (unpaired) electrons. The molecule has 6 heteroatoms. The molecule has 2 rings (SSSR count). The van der Waals surface area contributed by atoms with Gasteiger partial charge in [0.2, 0.25) is 5.91 Å². The van der Waals surface area contributed by atoms with E-state index in [0.29, 0.717) is 31.0 Å². The van der Waals surface area contributed by atoms with E-state index < -0.39 is 5.92 Å². The Kier molecular flexibility index (Phi) is 7.09. The van der Waals surface area contributed by atoms with E-state index in [1.807, 2.05) is 41.8 Å². The van der Waals surface area contributed by atoms with Gasteiger partial charge >= 0.3 is 0 Å². The Bertz CT molecular complexity index is 799. The summed E-state index contributed by atoms with van der Waals surface area (Å²) in [6.07, 6.45) is 2.48. The third-order valence-corrected chi connectivity index (χ3v) is 4.44. The summed E-state index contributed by atoms with van der Waals surface area (Å²) in [4.78, 5) is 28.6. The number of hydrogen-bond acceptors (Lipinski definition) is 4. The predicted octanol–water partition coefficient (Wildman–Crippen LogP) is 1.56. The van der Waals surface area contributed by atoms with Gasteiger partial charge in [-0.2, -0.15) is 4.98 Å².